The lowest BCUT2D eigenvalue weighted by Crippen LogP contribution is -1.98. The van der Waals surface area contributed by atoms with Gasteiger partial charge in [-0.2, -0.15) is 0 Å². The number of rotatable bonds is 5. The summed E-state index contributed by atoms with van der Waals surface area (Å²) in [4.78, 5) is 8.96. The summed E-state index contributed by atoms with van der Waals surface area (Å²) < 4.78 is 0. The van der Waals surface area contributed by atoms with Gasteiger partial charge in [0.15, 0.2) is 0 Å². The molecule has 0 unspecified atom stereocenters. The number of allylic oxidation sites excluding steroid dienone is 3. The molecule has 0 saturated heterocycles. The summed E-state index contributed by atoms with van der Waals surface area (Å²) in [6.45, 7) is 12.3. The first-order valence-electron chi connectivity index (χ1n) is 9.50. The topological polar surface area (TPSA) is 25.2 Å². The fraction of sp³-hybridized carbons (Fsp3) is 0.154. The molecular formula is C26H26N2. The van der Waals surface area contributed by atoms with Crippen LogP contribution in [-0.2, 0) is 0 Å². The van der Waals surface area contributed by atoms with Crippen LogP contribution in [0.5, 0.6) is 0 Å². The summed E-state index contributed by atoms with van der Waals surface area (Å²) >= 11 is 0. The van der Waals surface area contributed by atoms with Gasteiger partial charge in [0.1, 0.15) is 0 Å². The first-order chi connectivity index (χ1) is 13.5. The van der Waals surface area contributed by atoms with Gasteiger partial charge in [-0.15, -0.1) is 0 Å². The highest BCUT2D eigenvalue weighted by atomic mass is 14.8. The van der Waals surface area contributed by atoms with Crippen LogP contribution in [0.1, 0.15) is 41.8 Å². The molecule has 2 nitrogen and oxygen atoms in total. The van der Waals surface area contributed by atoms with Crippen LogP contribution in [0, 0.1) is 13.8 Å². The van der Waals surface area contributed by atoms with Gasteiger partial charge in [0.2, 0.25) is 0 Å². The van der Waals surface area contributed by atoms with Gasteiger partial charge in [-0.1, -0.05) is 55.1 Å². The smallest absolute Gasteiger partial charge is 0.0841 e. The fourth-order valence-electron chi connectivity index (χ4n) is 3.26. The summed E-state index contributed by atoms with van der Waals surface area (Å²) in [5.41, 5.74) is 7.69. The molecular weight excluding hydrogens is 340 g/mol. The molecule has 0 amide bonds. The molecule has 28 heavy (non-hydrogen) atoms. The SMILES string of the molecule is C=C/C(=C\c1c(C)c(C)cc2ccccc12)c1ccc(/C(C)=N/C=C\C)nc1. The molecule has 140 valence electrons. The molecule has 0 fully saturated rings. The minimum Gasteiger partial charge on any atom is -0.260 e. The molecule has 0 aliphatic rings. The molecule has 0 bridgehead atoms. The standard InChI is InChI=1S/C26H26N2/c1-6-14-27-20(5)26-13-12-23(17-28-26)21(7-2)16-25-19(4)18(3)15-22-10-8-9-11-24(22)25/h6-17H,2H2,1,3-5H3/b14-6-,21-16+,27-20+. The number of hydrogen-bond acceptors (Lipinski definition) is 2. The third kappa shape index (κ3) is 4.01. The summed E-state index contributed by atoms with van der Waals surface area (Å²) in [7, 11) is 0. The van der Waals surface area contributed by atoms with Crippen molar-refractivity contribution in [2.75, 3.05) is 0 Å². The molecule has 0 atom stereocenters. The van der Waals surface area contributed by atoms with Gasteiger partial charge < -0.3 is 0 Å². The van der Waals surface area contributed by atoms with Crippen molar-refractivity contribution in [3.8, 4) is 0 Å². The highest BCUT2D eigenvalue weighted by Crippen LogP contribution is 2.29. The van der Waals surface area contributed by atoms with Crippen LogP contribution >= 0.6 is 0 Å². The third-order valence-electron chi connectivity index (χ3n) is 5.02. The fourth-order valence-corrected chi connectivity index (χ4v) is 3.26. The van der Waals surface area contributed by atoms with Crippen molar-refractivity contribution >= 4 is 28.1 Å². The zero-order valence-corrected chi connectivity index (χ0v) is 17.0. The summed E-state index contributed by atoms with van der Waals surface area (Å²) in [6, 6.07) is 14.9. The number of aliphatic imine (C=N–C) groups is 1. The number of pyridine rings is 1. The van der Waals surface area contributed by atoms with Crippen molar-refractivity contribution < 1.29 is 0 Å². The average molecular weight is 367 g/mol. The molecule has 1 heterocycles. The highest BCUT2D eigenvalue weighted by molar-refractivity contribution is 6.00. The highest BCUT2D eigenvalue weighted by Gasteiger charge is 2.08. The number of nitrogens with zero attached hydrogens (tertiary/aromatic N) is 2. The Morgan fingerprint density at radius 1 is 1.11 bits per heavy atom. The van der Waals surface area contributed by atoms with E-state index in [-0.39, 0.29) is 0 Å². The van der Waals surface area contributed by atoms with Crippen molar-refractivity contribution in [1.29, 1.82) is 0 Å². The molecule has 3 aromatic rings. The van der Waals surface area contributed by atoms with E-state index in [4.69, 9.17) is 0 Å². The van der Waals surface area contributed by atoms with Crippen molar-refractivity contribution in [2.45, 2.75) is 27.7 Å². The largest absolute Gasteiger partial charge is 0.260 e. The van der Waals surface area contributed by atoms with Gasteiger partial charge in [0.25, 0.3) is 0 Å². The van der Waals surface area contributed by atoms with E-state index in [0.29, 0.717) is 0 Å². The lowest BCUT2D eigenvalue weighted by atomic mass is 9.93. The quantitative estimate of drug-likeness (QED) is 0.355. The number of aryl methyl sites for hydroxylation is 1. The molecule has 0 saturated carbocycles. The van der Waals surface area contributed by atoms with Crippen LogP contribution in [0.4, 0.5) is 0 Å². The van der Waals surface area contributed by atoms with Gasteiger partial charge in [-0.3, -0.25) is 9.98 Å². The molecule has 2 aromatic carbocycles. The normalized spacial score (nSPS) is 12.7. The lowest BCUT2D eigenvalue weighted by Gasteiger charge is -2.12. The van der Waals surface area contributed by atoms with Crippen molar-refractivity contribution in [3.05, 3.63) is 102 Å². The monoisotopic (exact) mass is 366 g/mol. The van der Waals surface area contributed by atoms with Crippen molar-refractivity contribution in [1.82, 2.24) is 4.98 Å². The Balaban J connectivity index is 2.08. The van der Waals surface area contributed by atoms with E-state index >= 15 is 0 Å². The van der Waals surface area contributed by atoms with E-state index in [2.05, 4.69) is 72.9 Å². The van der Waals surface area contributed by atoms with E-state index in [1.165, 1.54) is 27.5 Å². The Morgan fingerprint density at radius 2 is 1.89 bits per heavy atom. The molecule has 0 aliphatic heterocycles. The molecule has 1 aromatic heterocycles. The number of benzene rings is 2. The predicted octanol–water partition coefficient (Wildman–Crippen LogP) is 6.92. The van der Waals surface area contributed by atoms with Crippen LogP contribution in [0.2, 0.25) is 0 Å². The van der Waals surface area contributed by atoms with Crippen LogP contribution < -0.4 is 0 Å². The Kier molecular flexibility index (Phi) is 6.00. The summed E-state index contributed by atoms with van der Waals surface area (Å²) in [6.07, 6.45) is 9.70. The number of hydrogen-bond donors (Lipinski definition) is 0. The first kappa shape index (κ1) is 19.5. The van der Waals surface area contributed by atoms with Gasteiger partial charge >= 0.3 is 0 Å². The Bertz CT molecular complexity index is 1100. The van der Waals surface area contributed by atoms with Gasteiger partial charge in [-0.05, 0) is 72.9 Å². The van der Waals surface area contributed by atoms with E-state index in [9.17, 15) is 0 Å². The molecule has 0 N–H and O–H groups in total. The Morgan fingerprint density at radius 3 is 2.57 bits per heavy atom. The molecule has 2 heteroatoms. The minimum absolute atomic E-state index is 0.877. The maximum Gasteiger partial charge on any atom is 0.0841 e. The van der Waals surface area contributed by atoms with Crippen LogP contribution in [-0.4, -0.2) is 10.7 Å². The van der Waals surface area contributed by atoms with Crippen LogP contribution in [0.3, 0.4) is 0 Å². The average Bonchev–Trinajstić information content (AvgIpc) is 2.72. The second kappa shape index (κ2) is 8.62. The van der Waals surface area contributed by atoms with Gasteiger partial charge in [-0.25, -0.2) is 0 Å². The Hall–Kier alpha value is -3.26. The zero-order chi connectivity index (χ0) is 20.1. The first-order valence-corrected chi connectivity index (χ1v) is 9.50. The maximum atomic E-state index is 4.59. The van der Waals surface area contributed by atoms with E-state index in [1.807, 2.05) is 38.3 Å². The molecule has 0 radical (unpaired) electrons. The van der Waals surface area contributed by atoms with Crippen molar-refractivity contribution in [2.24, 2.45) is 4.99 Å². The van der Waals surface area contributed by atoms with E-state index < -0.39 is 0 Å². The lowest BCUT2D eigenvalue weighted by molar-refractivity contribution is 1.26. The van der Waals surface area contributed by atoms with E-state index in [1.54, 1.807) is 6.20 Å². The second-order valence-corrected chi connectivity index (χ2v) is 6.89. The van der Waals surface area contributed by atoms with Crippen LogP contribution in [0.25, 0.3) is 22.4 Å². The summed E-state index contributed by atoms with van der Waals surface area (Å²) in [5.74, 6) is 0. The maximum absolute atomic E-state index is 4.59. The second-order valence-electron chi connectivity index (χ2n) is 6.89. The van der Waals surface area contributed by atoms with Gasteiger partial charge in [0.05, 0.1) is 11.4 Å². The minimum atomic E-state index is 0.877. The van der Waals surface area contributed by atoms with Crippen LogP contribution in [0.15, 0.2) is 78.6 Å². The predicted molar refractivity (Wildman–Crippen MR) is 123 cm³/mol. The molecule has 0 spiro atoms. The Labute approximate surface area is 167 Å². The number of fused-ring (bicyclic) bond motifs is 1. The van der Waals surface area contributed by atoms with E-state index in [0.717, 1.165) is 22.5 Å². The van der Waals surface area contributed by atoms with Crippen molar-refractivity contribution in [3.63, 3.8) is 0 Å². The number of aromatic nitrogens is 1. The molecule has 0 aliphatic carbocycles. The third-order valence-corrected chi connectivity index (χ3v) is 5.02. The molecule has 3 rings (SSSR count). The zero-order valence-electron chi connectivity index (χ0n) is 17.0. The van der Waals surface area contributed by atoms with Gasteiger partial charge in [0, 0.05) is 18.0 Å². The summed E-state index contributed by atoms with van der Waals surface area (Å²) in [5, 5.41) is 2.51.